The van der Waals surface area contributed by atoms with Gasteiger partial charge in [-0.25, -0.2) is 4.98 Å². The van der Waals surface area contributed by atoms with Gasteiger partial charge in [0, 0.05) is 16.5 Å². The second kappa shape index (κ2) is 5.35. The number of fused-ring (bicyclic) bond motifs is 1. The summed E-state index contributed by atoms with van der Waals surface area (Å²) in [7, 11) is 1.66. The van der Waals surface area contributed by atoms with E-state index in [1.54, 1.807) is 18.4 Å². The van der Waals surface area contributed by atoms with Gasteiger partial charge in [-0.15, -0.1) is 11.3 Å². The van der Waals surface area contributed by atoms with Gasteiger partial charge < -0.3 is 14.2 Å². The number of methoxy groups -OCH3 is 1. The molecule has 0 saturated carbocycles. The van der Waals surface area contributed by atoms with Crippen molar-refractivity contribution in [3.8, 4) is 39.1 Å². The maximum atomic E-state index is 5.42. The molecule has 0 unspecified atom stereocenters. The van der Waals surface area contributed by atoms with Gasteiger partial charge >= 0.3 is 0 Å². The number of aromatic nitrogens is 1. The van der Waals surface area contributed by atoms with Crippen LogP contribution in [-0.4, -0.2) is 18.9 Å². The van der Waals surface area contributed by atoms with E-state index in [1.165, 1.54) is 0 Å². The first-order valence-electron chi connectivity index (χ1n) is 6.83. The first-order chi connectivity index (χ1) is 10.8. The van der Waals surface area contributed by atoms with Gasteiger partial charge in [0.2, 0.25) is 6.79 Å². The SMILES string of the molecule is COc1ccc(-c2csc(-c3ccc4c(c3)OCO4)n2)cc1. The molecule has 1 aliphatic rings. The fourth-order valence-electron chi connectivity index (χ4n) is 2.33. The number of hydrogen-bond acceptors (Lipinski definition) is 5. The predicted octanol–water partition coefficient (Wildman–Crippen LogP) is 4.21. The van der Waals surface area contributed by atoms with Crippen LogP contribution in [0, 0.1) is 0 Å². The van der Waals surface area contributed by atoms with Crippen molar-refractivity contribution in [2.75, 3.05) is 13.9 Å². The van der Waals surface area contributed by atoms with Gasteiger partial charge in [-0.3, -0.25) is 0 Å². The molecule has 1 aliphatic heterocycles. The Morgan fingerprint density at radius 2 is 1.77 bits per heavy atom. The van der Waals surface area contributed by atoms with Crippen molar-refractivity contribution in [3.05, 3.63) is 47.8 Å². The molecule has 4 nitrogen and oxygen atoms in total. The second-order valence-electron chi connectivity index (χ2n) is 4.83. The minimum Gasteiger partial charge on any atom is -0.497 e. The average Bonchev–Trinajstić information content (AvgIpc) is 3.23. The van der Waals surface area contributed by atoms with Crippen LogP contribution in [0.15, 0.2) is 47.8 Å². The maximum Gasteiger partial charge on any atom is 0.231 e. The van der Waals surface area contributed by atoms with Crippen molar-refractivity contribution in [1.29, 1.82) is 0 Å². The lowest BCUT2D eigenvalue weighted by molar-refractivity contribution is 0.174. The standard InChI is InChI=1S/C17H13NO3S/c1-19-13-5-2-11(3-6-13)14-9-22-17(18-14)12-4-7-15-16(8-12)21-10-20-15/h2-9H,10H2,1H3. The third kappa shape index (κ3) is 2.29. The fourth-order valence-corrected chi connectivity index (χ4v) is 3.16. The van der Waals surface area contributed by atoms with Crippen molar-refractivity contribution >= 4 is 11.3 Å². The van der Waals surface area contributed by atoms with Gasteiger partial charge in [0.15, 0.2) is 11.5 Å². The molecule has 0 fully saturated rings. The molecular weight excluding hydrogens is 298 g/mol. The lowest BCUT2D eigenvalue weighted by atomic mass is 10.1. The summed E-state index contributed by atoms with van der Waals surface area (Å²) >= 11 is 1.61. The first-order valence-corrected chi connectivity index (χ1v) is 7.71. The Kier molecular flexibility index (Phi) is 3.20. The van der Waals surface area contributed by atoms with E-state index in [4.69, 9.17) is 19.2 Å². The normalized spacial score (nSPS) is 12.4. The van der Waals surface area contributed by atoms with Crippen LogP contribution in [0.2, 0.25) is 0 Å². The van der Waals surface area contributed by atoms with Crippen LogP contribution in [-0.2, 0) is 0 Å². The zero-order valence-electron chi connectivity index (χ0n) is 11.9. The van der Waals surface area contributed by atoms with E-state index in [0.717, 1.165) is 39.1 Å². The Labute approximate surface area is 131 Å². The lowest BCUT2D eigenvalue weighted by Gasteiger charge is -2.01. The minimum absolute atomic E-state index is 0.285. The average molecular weight is 311 g/mol. The second-order valence-corrected chi connectivity index (χ2v) is 5.69. The van der Waals surface area contributed by atoms with Crippen molar-refractivity contribution in [3.63, 3.8) is 0 Å². The summed E-state index contributed by atoms with van der Waals surface area (Å²) < 4.78 is 15.9. The van der Waals surface area contributed by atoms with Crippen LogP contribution in [0.4, 0.5) is 0 Å². The number of ether oxygens (including phenoxy) is 3. The van der Waals surface area contributed by atoms with Crippen LogP contribution in [0.5, 0.6) is 17.2 Å². The van der Waals surface area contributed by atoms with Crippen LogP contribution in [0.3, 0.4) is 0 Å². The Bertz CT molecular complexity index is 811. The molecule has 0 bridgehead atoms. The third-order valence-corrected chi connectivity index (χ3v) is 4.40. The largest absolute Gasteiger partial charge is 0.497 e. The van der Waals surface area contributed by atoms with Crippen molar-refractivity contribution in [2.24, 2.45) is 0 Å². The summed E-state index contributed by atoms with van der Waals surface area (Å²) in [5.74, 6) is 2.41. The highest BCUT2D eigenvalue weighted by atomic mass is 32.1. The van der Waals surface area contributed by atoms with E-state index in [-0.39, 0.29) is 6.79 Å². The molecule has 1 aromatic heterocycles. The van der Waals surface area contributed by atoms with E-state index in [1.807, 2.05) is 42.5 Å². The fraction of sp³-hybridized carbons (Fsp3) is 0.118. The van der Waals surface area contributed by atoms with Crippen LogP contribution >= 0.6 is 11.3 Å². The number of benzene rings is 2. The molecule has 0 aliphatic carbocycles. The molecule has 2 aromatic carbocycles. The van der Waals surface area contributed by atoms with Gasteiger partial charge in [0.05, 0.1) is 12.8 Å². The molecule has 3 aromatic rings. The zero-order chi connectivity index (χ0) is 14.9. The van der Waals surface area contributed by atoms with Gasteiger partial charge in [0.1, 0.15) is 10.8 Å². The number of nitrogens with zero attached hydrogens (tertiary/aromatic N) is 1. The van der Waals surface area contributed by atoms with Gasteiger partial charge in [-0.1, -0.05) is 0 Å². The highest BCUT2D eigenvalue weighted by Gasteiger charge is 2.15. The molecule has 0 N–H and O–H groups in total. The monoisotopic (exact) mass is 311 g/mol. The number of thiazole rings is 1. The molecule has 2 heterocycles. The van der Waals surface area contributed by atoms with Crippen molar-refractivity contribution < 1.29 is 14.2 Å². The summed E-state index contributed by atoms with van der Waals surface area (Å²) in [5, 5.41) is 3.02. The summed E-state index contributed by atoms with van der Waals surface area (Å²) in [5.41, 5.74) is 3.07. The topological polar surface area (TPSA) is 40.6 Å². The Morgan fingerprint density at radius 1 is 1.00 bits per heavy atom. The molecule has 0 amide bonds. The Hall–Kier alpha value is -2.53. The highest BCUT2D eigenvalue weighted by Crippen LogP contribution is 2.37. The zero-order valence-corrected chi connectivity index (χ0v) is 12.7. The van der Waals surface area contributed by atoms with Gasteiger partial charge in [0.25, 0.3) is 0 Å². The minimum atomic E-state index is 0.285. The van der Waals surface area contributed by atoms with E-state index < -0.39 is 0 Å². The lowest BCUT2D eigenvalue weighted by Crippen LogP contribution is -1.92. The summed E-state index contributed by atoms with van der Waals surface area (Å²) in [6.07, 6.45) is 0. The molecule has 4 rings (SSSR count). The van der Waals surface area contributed by atoms with Crippen molar-refractivity contribution in [2.45, 2.75) is 0 Å². The van der Waals surface area contributed by atoms with Crippen LogP contribution in [0.1, 0.15) is 0 Å². The Morgan fingerprint density at radius 3 is 2.59 bits per heavy atom. The maximum absolute atomic E-state index is 5.42. The predicted molar refractivity (Wildman–Crippen MR) is 85.7 cm³/mol. The number of hydrogen-bond donors (Lipinski definition) is 0. The van der Waals surface area contributed by atoms with Gasteiger partial charge in [-0.2, -0.15) is 0 Å². The van der Waals surface area contributed by atoms with E-state index >= 15 is 0 Å². The number of rotatable bonds is 3. The third-order valence-electron chi connectivity index (χ3n) is 3.51. The smallest absolute Gasteiger partial charge is 0.231 e. The molecule has 22 heavy (non-hydrogen) atoms. The highest BCUT2D eigenvalue weighted by molar-refractivity contribution is 7.13. The first kappa shape index (κ1) is 13.2. The van der Waals surface area contributed by atoms with E-state index in [0.29, 0.717) is 0 Å². The van der Waals surface area contributed by atoms with Crippen LogP contribution in [0.25, 0.3) is 21.8 Å². The molecule has 0 radical (unpaired) electrons. The summed E-state index contributed by atoms with van der Waals surface area (Å²) in [4.78, 5) is 4.71. The van der Waals surface area contributed by atoms with Crippen molar-refractivity contribution in [1.82, 2.24) is 4.98 Å². The molecule has 0 saturated heterocycles. The van der Waals surface area contributed by atoms with E-state index in [9.17, 15) is 0 Å². The Balaban J connectivity index is 1.65. The molecule has 0 atom stereocenters. The van der Waals surface area contributed by atoms with Gasteiger partial charge in [-0.05, 0) is 42.5 Å². The molecular formula is C17H13NO3S. The molecule has 110 valence electrons. The molecule has 0 spiro atoms. The van der Waals surface area contributed by atoms with E-state index in [2.05, 4.69) is 5.38 Å². The summed E-state index contributed by atoms with van der Waals surface area (Å²) in [6, 6.07) is 13.8. The quantitative estimate of drug-likeness (QED) is 0.726. The molecule has 5 heteroatoms. The summed E-state index contributed by atoms with van der Waals surface area (Å²) in [6.45, 7) is 0.285. The van der Waals surface area contributed by atoms with Crippen LogP contribution < -0.4 is 14.2 Å².